The molecule has 0 fully saturated rings. The molecule has 0 spiro atoms. The van der Waals surface area contributed by atoms with E-state index in [9.17, 15) is 10.2 Å². The van der Waals surface area contributed by atoms with E-state index in [4.69, 9.17) is 23.2 Å². The van der Waals surface area contributed by atoms with Gasteiger partial charge in [0.2, 0.25) is 0 Å². The van der Waals surface area contributed by atoms with Gasteiger partial charge in [0.1, 0.15) is 17.2 Å². The Bertz CT molecular complexity index is 724. The SMILES string of the molecule is CC(C)(O)c1cn2c(n1)CC(C)(c1c(O)ccc(Cl)c1Cl)C2. The van der Waals surface area contributed by atoms with E-state index in [1.807, 2.05) is 17.7 Å². The van der Waals surface area contributed by atoms with Crippen molar-refractivity contribution in [3.8, 4) is 5.75 Å². The molecule has 0 bridgehead atoms. The molecule has 1 aliphatic heterocycles. The Labute approximate surface area is 139 Å². The molecule has 2 aromatic rings. The number of nitrogens with zero attached hydrogens (tertiary/aromatic N) is 2. The van der Waals surface area contributed by atoms with Crippen LogP contribution < -0.4 is 0 Å². The maximum Gasteiger partial charge on any atom is 0.121 e. The van der Waals surface area contributed by atoms with E-state index in [0.29, 0.717) is 34.3 Å². The van der Waals surface area contributed by atoms with Crippen molar-refractivity contribution in [1.29, 1.82) is 0 Å². The zero-order valence-electron chi connectivity index (χ0n) is 12.7. The third-order valence-corrected chi connectivity index (χ3v) is 5.03. The summed E-state index contributed by atoms with van der Waals surface area (Å²) in [5.41, 5.74) is -0.0567. The highest BCUT2D eigenvalue weighted by molar-refractivity contribution is 6.42. The zero-order chi connectivity index (χ0) is 16.3. The van der Waals surface area contributed by atoms with Gasteiger partial charge in [-0.1, -0.05) is 30.1 Å². The summed E-state index contributed by atoms with van der Waals surface area (Å²) in [6, 6.07) is 3.16. The highest BCUT2D eigenvalue weighted by Crippen LogP contribution is 2.45. The molecule has 2 N–H and O–H groups in total. The third kappa shape index (κ3) is 2.39. The van der Waals surface area contributed by atoms with Gasteiger partial charge < -0.3 is 14.8 Å². The number of hydrogen-bond donors (Lipinski definition) is 2. The topological polar surface area (TPSA) is 58.3 Å². The summed E-state index contributed by atoms with van der Waals surface area (Å²) in [5, 5.41) is 21.1. The quantitative estimate of drug-likeness (QED) is 0.877. The summed E-state index contributed by atoms with van der Waals surface area (Å²) in [6.45, 7) is 6.08. The summed E-state index contributed by atoms with van der Waals surface area (Å²) >= 11 is 12.4. The van der Waals surface area contributed by atoms with Crippen LogP contribution in [-0.4, -0.2) is 19.8 Å². The van der Waals surface area contributed by atoms with Crippen molar-refractivity contribution < 1.29 is 10.2 Å². The minimum absolute atomic E-state index is 0.144. The van der Waals surface area contributed by atoms with E-state index in [2.05, 4.69) is 4.98 Å². The summed E-state index contributed by atoms with van der Waals surface area (Å²) in [6.07, 6.45) is 2.48. The summed E-state index contributed by atoms with van der Waals surface area (Å²) < 4.78 is 2.00. The molecule has 6 heteroatoms. The van der Waals surface area contributed by atoms with Crippen molar-refractivity contribution in [3.63, 3.8) is 0 Å². The van der Waals surface area contributed by atoms with Crippen molar-refractivity contribution in [2.24, 2.45) is 0 Å². The number of benzene rings is 1. The molecule has 1 atom stereocenters. The van der Waals surface area contributed by atoms with Crippen LogP contribution in [0.5, 0.6) is 5.75 Å². The number of hydrogen-bond acceptors (Lipinski definition) is 3. The molecule has 0 amide bonds. The first kappa shape index (κ1) is 15.7. The normalized spacial score (nSPS) is 21.2. The molecule has 1 aliphatic rings. The number of rotatable bonds is 2. The fourth-order valence-corrected chi connectivity index (χ4v) is 3.64. The molecule has 0 aliphatic carbocycles. The fourth-order valence-electron chi connectivity index (χ4n) is 3.09. The molecule has 118 valence electrons. The highest BCUT2D eigenvalue weighted by Gasteiger charge is 2.40. The van der Waals surface area contributed by atoms with Gasteiger partial charge in [0.15, 0.2) is 0 Å². The minimum atomic E-state index is -0.969. The first-order chi connectivity index (χ1) is 10.1. The van der Waals surface area contributed by atoms with Crippen LogP contribution in [0.3, 0.4) is 0 Å². The molecule has 22 heavy (non-hydrogen) atoms. The van der Waals surface area contributed by atoms with Gasteiger partial charge in [-0.2, -0.15) is 0 Å². The Morgan fingerprint density at radius 2 is 2.00 bits per heavy atom. The lowest BCUT2D eigenvalue weighted by Crippen LogP contribution is -2.25. The largest absolute Gasteiger partial charge is 0.508 e. The maximum atomic E-state index is 10.2. The number of fused-ring (bicyclic) bond motifs is 1. The summed E-state index contributed by atoms with van der Waals surface area (Å²) in [5.74, 6) is 1.01. The van der Waals surface area contributed by atoms with E-state index in [-0.39, 0.29) is 11.2 Å². The number of aromatic hydroxyl groups is 1. The van der Waals surface area contributed by atoms with Gasteiger partial charge in [-0.05, 0) is 26.0 Å². The van der Waals surface area contributed by atoms with Gasteiger partial charge in [0, 0.05) is 30.1 Å². The van der Waals surface area contributed by atoms with E-state index < -0.39 is 5.60 Å². The Hall–Kier alpha value is -1.23. The molecule has 1 aromatic heterocycles. The molecular formula is C16H18Cl2N2O2. The number of aliphatic hydroxyl groups is 1. The van der Waals surface area contributed by atoms with E-state index >= 15 is 0 Å². The van der Waals surface area contributed by atoms with Gasteiger partial charge in [0.05, 0.1) is 15.7 Å². The van der Waals surface area contributed by atoms with Crippen LogP contribution in [0.4, 0.5) is 0 Å². The van der Waals surface area contributed by atoms with Gasteiger partial charge in [-0.25, -0.2) is 4.98 Å². The number of halogens is 2. The molecule has 0 radical (unpaired) electrons. The lowest BCUT2D eigenvalue weighted by atomic mass is 9.80. The fraction of sp³-hybridized carbons (Fsp3) is 0.438. The molecule has 0 saturated heterocycles. The van der Waals surface area contributed by atoms with Crippen LogP contribution in [-0.2, 0) is 24.0 Å². The summed E-state index contributed by atoms with van der Waals surface area (Å²) in [4.78, 5) is 4.52. The average Bonchev–Trinajstić information content (AvgIpc) is 2.89. The zero-order valence-corrected chi connectivity index (χ0v) is 14.2. The first-order valence-corrected chi connectivity index (χ1v) is 7.84. The molecule has 2 heterocycles. The van der Waals surface area contributed by atoms with Crippen molar-refractivity contribution in [2.45, 2.75) is 44.8 Å². The highest BCUT2D eigenvalue weighted by atomic mass is 35.5. The second-order valence-electron chi connectivity index (χ2n) is 6.72. The average molecular weight is 341 g/mol. The molecule has 1 aromatic carbocycles. The van der Waals surface area contributed by atoms with Crippen molar-refractivity contribution in [1.82, 2.24) is 9.55 Å². The van der Waals surface area contributed by atoms with E-state index in [1.165, 1.54) is 0 Å². The molecular weight excluding hydrogens is 323 g/mol. The second-order valence-corrected chi connectivity index (χ2v) is 7.51. The predicted molar refractivity (Wildman–Crippen MR) is 86.7 cm³/mol. The smallest absolute Gasteiger partial charge is 0.121 e. The summed E-state index contributed by atoms with van der Waals surface area (Å²) in [7, 11) is 0. The minimum Gasteiger partial charge on any atom is -0.508 e. The molecule has 3 rings (SSSR count). The Kier molecular flexibility index (Phi) is 3.47. The van der Waals surface area contributed by atoms with Crippen LogP contribution in [0.15, 0.2) is 18.3 Å². The standard InChI is InChI=1S/C16H18Cl2N2O2/c1-15(2,22)11-7-20-8-16(3,6-12(20)19-11)13-10(21)5-4-9(17)14(13)18/h4-5,7,21-22H,6,8H2,1-3H3. The van der Waals surface area contributed by atoms with Crippen LogP contribution >= 0.6 is 23.2 Å². The van der Waals surface area contributed by atoms with Crippen molar-refractivity contribution in [2.75, 3.05) is 0 Å². The van der Waals surface area contributed by atoms with Crippen LogP contribution in [0.2, 0.25) is 10.0 Å². The van der Waals surface area contributed by atoms with Crippen molar-refractivity contribution in [3.05, 3.63) is 45.5 Å². The lowest BCUT2D eigenvalue weighted by molar-refractivity contribution is 0.0739. The third-order valence-electron chi connectivity index (χ3n) is 4.23. The molecule has 4 nitrogen and oxygen atoms in total. The molecule has 0 saturated carbocycles. The van der Waals surface area contributed by atoms with E-state index in [0.717, 1.165) is 5.82 Å². The number of imidazole rings is 1. The molecule has 1 unspecified atom stereocenters. The Morgan fingerprint density at radius 3 is 2.59 bits per heavy atom. The number of phenolic OH excluding ortho intramolecular Hbond substituents is 1. The van der Waals surface area contributed by atoms with Crippen LogP contribution in [0, 0.1) is 0 Å². The van der Waals surface area contributed by atoms with Crippen LogP contribution in [0.1, 0.15) is 37.9 Å². The Morgan fingerprint density at radius 1 is 1.32 bits per heavy atom. The lowest BCUT2D eigenvalue weighted by Gasteiger charge is -2.26. The van der Waals surface area contributed by atoms with Gasteiger partial charge in [0.25, 0.3) is 0 Å². The van der Waals surface area contributed by atoms with Crippen molar-refractivity contribution >= 4 is 23.2 Å². The van der Waals surface area contributed by atoms with Crippen LogP contribution in [0.25, 0.3) is 0 Å². The van der Waals surface area contributed by atoms with Gasteiger partial charge in [-0.3, -0.25) is 0 Å². The van der Waals surface area contributed by atoms with Gasteiger partial charge in [-0.15, -0.1) is 0 Å². The number of aromatic nitrogens is 2. The van der Waals surface area contributed by atoms with E-state index in [1.54, 1.807) is 26.0 Å². The first-order valence-electron chi connectivity index (χ1n) is 7.08. The second kappa shape index (κ2) is 4.88. The Balaban J connectivity index is 2.01. The monoisotopic (exact) mass is 340 g/mol. The van der Waals surface area contributed by atoms with Gasteiger partial charge >= 0.3 is 0 Å². The predicted octanol–water partition coefficient (Wildman–Crippen LogP) is 3.64. The number of phenols is 1. The maximum absolute atomic E-state index is 10.2.